The lowest BCUT2D eigenvalue weighted by atomic mass is 10.2. The van der Waals surface area contributed by atoms with Crippen LogP contribution in [0.5, 0.6) is 5.75 Å². The monoisotopic (exact) mass is 270 g/mol. The van der Waals surface area contributed by atoms with Gasteiger partial charge in [0.2, 0.25) is 5.75 Å². The van der Waals surface area contributed by atoms with Gasteiger partial charge in [-0.05, 0) is 24.4 Å². The summed E-state index contributed by atoms with van der Waals surface area (Å²) in [6.45, 7) is 0. The van der Waals surface area contributed by atoms with Crippen LogP contribution in [0.2, 0.25) is 0 Å². The van der Waals surface area contributed by atoms with E-state index in [0.717, 1.165) is 6.07 Å². The number of hydrogen-bond acceptors (Lipinski definition) is 5. The van der Waals surface area contributed by atoms with Crippen molar-refractivity contribution >= 4 is 29.0 Å². The zero-order valence-electron chi connectivity index (χ0n) is 9.61. The highest BCUT2D eigenvalue weighted by atomic mass is 32.1. The van der Waals surface area contributed by atoms with Crippen molar-refractivity contribution in [3.05, 3.63) is 33.9 Å². The molecule has 18 heavy (non-hydrogen) atoms. The summed E-state index contributed by atoms with van der Waals surface area (Å²) in [6, 6.07) is 3.34. The van der Waals surface area contributed by atoms with E-state index in [2.05, 4.69) is 0 Å². The third kappa shape index (κ3) is 3.14. The van der Waals surface area contributed by atoms with Crippen LogP contribution in [0.15, 0.2) is 18.2 Å². The molecule has 0 amide bonds. The van der Waals surface area contributed by atoms with E-state index in [9.17, 15) is 14.9 Å². The number of rotatable bonds is 3. The Morgan fingerprint density at radius 3 is 2.56 bits per heavy atom. The van der Waals surface area contributed by atoms with Gasteiger partial charge in [-0.1, -0.05) is 0 Å². The van der Waals surface area contributed by atoms with Crippen LogP contribution in [-0.4, -0.2) is 40.2 Å². The highest BCUT2D eigenvalue weighted by Crippen LogP contribution is 2.28. The van der Waals surface area contributed by atoms with Gasteiger partial charge in [0, 0.05) is 20.2 Å². The largest absolute Gasteiger partial charge is 0.478 e. The molecule has 1 rings (SSSR count). The van der Waals surface area contributed by atoms with Gasteiger partial charge in [-0.25, -0.2) is 4.79 Å². The molecule has 0 atom stereocenters. The third-order valence-corrected chi connectivity index (χ3v) is 2.41. The van der Waals surface area contributed by atoms with E-state index in [1.165, 1.54) is 17.0 Å². The van der Waals surface area contributed by atoms with Gasteiger partial charge < -0.3 is 14.7 Å². The average molecular weight is 270 g/mol. The number of nitrogens with zero attached hydrogens (tertiary/aromatic N) is 2. The minimum absolute atomic E-state index is 0.0428. The van der Waals surface area contributed by atoms with Gasteiger partial charge in [0.05, 0.1) is 10.5 Å². The molecule has 0 aliphatic heterocycles. The normalized spacial score (nSPS) is 9.67. The maximum atomic E-state index is 10.8. The molecule has 0 spiro atoms. The molecule has 0 radical (unpaired) electrons. The summed E-state index contributed by atoms with van der Waals surface area (Å²) >= 11 is 4.86. The first kappa shape index (κ1) is 13.8. The number of nitro groups is 1. The molecule has 0 unspecified atom stereocenters. The molecule has 0 aliphatic carbocycles. The fourth-order valence-electron chi connectivity index (χ4n) is 1.06. The van der Waals surface area contributed by atoms with Crippen LogP contribution in [0.25, 0.3) is 0 Å². The average Bonchev–Trinajstić information content (AvgIpc) is 2.28. The summed E-state index contributed by atoms with van der Waals surface area (Å²) in [5, 5.41) is 19.6. The van der Waals surface area contributed by atoms with Crippen molar-refractivity contribution in [3.63, 3.8) is 0 Å². The molecule has 1 aromatic rings. The van der Waals surface area contributed by atoms with Crippen molar-refractivity contribution in [2.75, 3.05) is 14.1 Å². The van der Waals surface area contributed by atoms with E-state index < -0.39 is 16.6 Å². The Morgan fingerprint density at radius 1 is 1.50 bits per heavy atom. The highest BCUT2D eigenvalue weighted by molar-refractivity contribution is 7.80. The fourth-order valence-corrected chi connectivity index (χ4v) is 1.15. The summed E-state index contributed by atoms with van der Waals surface area (Å²) in [6.07, 6.45) is 0. The molecule has 0 fully saturated rings. The van der Waals surface area contributed by atoms with E-state index in [-0.39, 0.29) is 16.5 Å². The Labute approximate surface area is 108 Å². The number of carboxylic acids is 1. The zero-order chi connectivity index (χ0) is 13.9. The molecule has 0 saturated heterocycles. The van der Waals surface area contributed by atoms with E-state index in [1.54, 1.807) is 14.1 Å². The summed E-state index contributed by atoms with van der Waals surface area (Å²) < 4.78 is 5.13. The molecule has 1 aromatic carbocycles. The number of ether oxygens (including phenoxy) is 1. The van der Waals surface area contributed by atoms with Crippen LogP contribution in [-0.2, 0) is 0 Å². The molecule has 0 aromatic heterocycles. The Morgan fingerprint density at radius 2 is 2.11 bits per heavy atom. The van der Waals surface area contributed by atoms with Crippen molar-refractivity contribution in [3.8, 4) is 5.75 Å². The number of carboxylic acid groups (broad SMARTS) is 1. The number of nitro benzene ring substituents is 1. The number of hydrogen-bond donors (Lipinski definition) is 1. The first-order valence-electron chi connectivity index (χ1n) is 4.73. The molecule has 7 nitrogen and oxygen atoms in total. The number of thiocarbonyl (C=S) groups is 1. The van der Waals surface area contributed by atoms with Crippen LogP contribution < -0.4 is 4.74 Å². The second-order valence-corrected chi connectivity index (χ2v) is 3.86. The lowest BCUT2D eigenvalue weighted by Gasteiger charge is -2.14. The number of carbonyl (C=O) groups is 1. The van der Waals surface area contributed by atoms with Gasteiger partial charge >= 0.3 is 11.7 Å². The molecule has 0 aliphatic rings. The minimum Gasteiger partial charge on any atom is -0.478 e. The van der Waals surface area contributed by atoms with E-state index in [0.29, 0.717) is 0 Å². The topological polar surface area (TPSA) is 92.9 Å². The van der Waals surface area contributed by atoms with Crippen LogP contribution in [0, 0.1) is 10.1 Å². The first-order chi connectivity index (χ1) is 8.32. The molecule has 0 heterocycles. The lowest BCUT2D eigenvalue weighted by Crippen LogP contribution is -2.25. The SMILES string of the molecule is CN(C)C(=S)Oc1ccc(C(=O)O)cc1[N+](=O)[O-]. The third-order valence-electron chi connectivity index (χ3n) is 1.97. The Hall–Kier alpha value is -2.22. The van der Waals surface area contributed by atoms with Gasteiger partial charge in [0.1, 0.15) is 0 Å². The van der Waals surface area contributed by atoms with Crippen LogP contribution >= 0.6 is 12.2 Å². The second kappa shape index (κ2) is 5.41. The van der Waals surface area contributed by atoms with E-state index in [1.807, 2.05) is 0 Å². The number of aromatic carboxylic acids is 1. The van der Waals surface area contributed by atoms with Gasteiger partial charge in [-0.3, -0.25) is 10.1 Å². The van der Waals surface area contributed by atoms with Crippen LogP contribution in [0.1, 0.15) is 10.4 Å². The predicted molar refractivity (Wildman–Crippen MR) is 67.0 cm³/mol. The van der Waals surface area contributed by atoms with Crippen molar-refractivity contribution in [2.45, 2.75) is 0 Å². The lowest BCUT2D eigenvalue weighted by molar-refractivity contribution is -0.385. The number of benzene rings is 1. The van der Waals surface area contributed by atoms with Crippen LogP contribution in [0.4, 0.5) is 5.69 Å². The van der Waals surface area contributed by atoms with Crippen molar-refractivity contribution < 1.29 is 19.6 Å². The first-order valence-corrected chi connectivity index (χ1v) is 5.14. The maximum Gasteiger partial charge on any atom is 0.335 e. The summed E-state index contributed by atoms with van der Waals surface area (Å²) in [4.78, 5) is 22.3. The van der Waals surface area contributed by atoms with Gasteiger partial charge in [-0.2, -0.15) is 0 Å². The summed E-state index contributed by atoms with van der Waals surface area (Å²) in [5.74, 6) is -1.34. The van der Waals surface area contributed by atoms with Crippen molar-refractivity contribution in [2.24, 2.45) is 0 Å². The standard InChI is InChI=1S/C10H10N2O5S/c1-11(2)10(18)17-8-4-3-6(9(13)14)5-7(8)12(15)16/h3-5H,1-2H3,(H,13,14). The fraction of sp³-hybridized carbons (Fsp3) is 0.200. The Bertz CT molecular complexity index is 515. The Kier molecular flexibility index (Phi) is 4.16. The predicted octanol–water partition coefficient (Wildman–Crippen LogP) is 1.52. The van der Waals surface area contributed by atoms with Gasteiger partial charge in [0.25, 0.3) is 5.17 Å². The zero-order valence-corrected chi connectivity index (χ0v) is 10.4. The van der Waals surface area contributed by atoms with E-state index in [4.69, 9.17) is 22.1 Å². The molecule has 0 bridgehead atoms. The minimum atomic E-state index is -1.25. The Balaban J connectivity index is 3.16. The molecule has 96 valence electrons. The molecule has 0 saturated carbocycles. The molecular formula is C10H10N2O5S. The molecular weight excluding hydrogens is 260 g/mol. The van der Waals surface area contributed by atoms with Crippen molar-refractivity contribution in [1.29, 1.82) is 0 Å². The molecule has 8 heteroatoms. The summed E-state index contributed by atoms with van der Waals surface area (Å²) in [7, 11) is 3.25. The maximum absolute atomic E-state index is 10.8. The second-order valence-electron chi connectivity index (χ2n) is 3.51. The molecule has 1 N–H and O–H groups in total. The quantitative estimate of drug-likeness (QED) is 0.505. The summed E-state index contributed by atoms with van der Waals surface area (Å²) in [5.41, 5.74) is -0.635. The smallest absolute Gasteiger partial charge is 0.335 e. The van der Waals surface area contributed by atoms with Gasteiger partial charge in [0.15, 0.2) is 0 Å². The van der Waals surface area contributed by atoms with Gasteiger partial charge in [-0.15, -0.1) is 0 Å². The van der Waals surface area contributed by atoms with Crippen LogP contribution in [0.3, 0.4) is 0 Å². The van der Waals surface area contributed by atoms with E-state index >= 15 is 0 Å². The van der Waals surface area contributed by atoms with Crippen molar-refractivity contribution in [1.82, 2.24) is 4.90 Å². The highest BCUT2D eigenvalue weighted by Gasteiger charge is 2.20.